The normalized spacial score (nSPS) is 37.7. The van der Waals surface area contributed by atoms with Gasteiger partial charge in [-0.1, -0.05) is 12.1 Å². The second-order valence-electron chi connectivity index (χ2n) is 9.94. The highest BCUT2D eigenvalue weighted by Crippen LogP contribution is 2.46. The van der Waals surface area contributed by atoms with Gasteiger partial charge in [0, 0.05) is 5.56 Å². The van der Waals surface area contributed by atoms with Crippen molar-refractivity contribution in [2.75, 3.05) is 20.3 Å². The topological polar surface area (TPSA) is 214 Å². The Labute approximate surface area is 227 Å². The minimum absolute atomic E-state index is 0.115. The Bertz CT molecular complexity index is 1240. The smallest absolute Gasteiger partial charge is 0.339 e. The molecule has 5 rings (SSSR count). The van der Waals surface area contributed by atoms with E-state index in [1.807, 2.05) is 0 Å². The van der Waals surface area contributed by atoms with Gasteiger partial charge in [0.15, 0.2) is 6.29 Å². The van der Waals surface area contributed by atoms with Crippen LogP contribution in [0.5, 0.6) is 11.5 Å². The lowest BCUT2D eigenvalue weighted by atomic mass is 9.96. The zero-order valence-corrected chi connectivity index (χ0v) is 21.6. The molecule has 0 saturated carbocycles. The maximum absolute atomic E-state index is 12.5. The summed E-state index contributed by atoms with van der Waals surface area (Å²) in [6.45, 7) is 0.450. The van der Waals surface area contributed by atoms with Crippen LogP contribution in [0.1, 0.15) is 28.9 Å². The molecule has 3 aliphatic heterocycles. The highest BCUT2D eigenvalue weighted by Gasteiger charge is 2.48. The summed E-state index contributed by atoms with van der Waals surface area (Å²) in [5.74, 6) is -0.0526. The summed E-state index contributed by atoms with van der Waals surface area (Å²) in [5, 5.41) is 72.5. The van der Waals surface area contributed by atoms with Crippen LogP contribution in [0.2, 0.25) is 0 Å². The molecule has 3 aliphatic rings. The predicted molar refractivity (Wildman–Crippen MR) is 131 cm³/mol. The van der Waals surface area contributed by atoms with Crippen molar-refractivity contribution in [2.45, 2.75) is 74.4 Å². The van der Waals surface area contributed by atoms with Crippen LogP contribution in [0.3, 0.4) is 0 Å². The summed E-state index contributed by atoms with van der Waals surface area (Å²) in [5.41, 5.74) is 0.629. The number of hydrogen-bond donors (Lipinski definition) is 7. The molecule has 0 aliphatic carbocycles. The van der Waals surface area contributed by atoms with Gasteiger partial charge in [0.1, 0.15) is 66.4 Å². The number of methoxy groups -OCH3 is 1. The van der Waals surface area contributed by atoms with Crippen molar-refractivity contribution in [3.8, 4) is 11.5 Å². The van der Waals surface area contributed by atoms with Crippen molar-refractivity contribution in [1.82, 2.24) is 0 Å². The molecule has 2 fully saturated rings. The first-order chi connectivity index (χ1) is 19.1. The molecule has 220 valence electrons. The van der Waals surface area contributed by atoms with Gasteiger partial charge in [-0.3, -0.25) is 0 Å². The third-order valence-corrected chi connectivity index (χ3v) is 7.43. The van der Waals surface area contributed by atoms with Gasteiger partial charge in [0.25, 0.3) is 0 Å². The number of esters is 1. The molecule has 0 amide bonds. The Morgan fingerprint density at radius 2 is 1.52 bits per heavy atom. The number of fused-ring (bicyclic) bond motifs is 2. The fourth-order valence-corrected chi connectivity index (χ4v) is 5.21. The molecule has 0 bridgehead atoms. The first-order valence-electron chi connectivity index (χ1n) is 12.7. The number of rotatable bonds is 7. The Hall–Kier alpha value is -2.63. The van der Waals surface area contributed by atoms with Crippen LogP contribution >= 0.6 is 0 Å². The number of aliphatic hydroxyl groups excluding tert-OH is 7. The largest absolute Gasteiger partial charge is 0.496 e. The number of aliphatic hydroxyl groups is 7. The van der Waals surface area contributed by atoms with Gasteiger partial charge in [-0.15, -0.1) is 0 Å². The molecule has 3 heterocycles. The van der Waals surface area contributed by atoms with E-state index in [4.69, 9.17) is 28.4 Å². The first kappa shape index (κ1) is 28.9. The summed E-state index contributed by atoms with van der Waals surface area (Å²) < 4.78 is 33.6. The number of cyclic esters (lactones) is 1. The summed E-state index contributed by atoms with van der Waals surface area (Å²) in [6.07, 6.45) is -16.5. The van der Waals surface area contributed by atoms with Crippen LogP contribution in [0, 0.1) is 0 Å². The maximum atomic E-state index is 12.5. The van der Waals surface area contributed by atoms with Crippen LogP contribution in [0.15, 0.2) is 24.3 Å². The molecule has 11 unspecified atom stereocenters. The van der Waals surface area contributed by atoms with Crippen LogP contribution in [0.25, 0.3) is 10.8 Å². The number of carbonyl (C=O) groups is 1. The lowest BCUT2D eigenvalue weighted by Crippen LogP contribution is -2.62. The Morgan fingerprint density at radius 3 is 2.20 bits per heavy atom. The van der Waals surface area contributed by atoms with E-state index in [0.717, 1.165) is 0 Å². The first-order valence-corrected chi connectivity index (χ1v) is 12.7. The van der Waals surface area contributed by atoms with Gasteiger partial charge in [0.05, 0.1) is 31.3 Å². The molecule has 2 aromatic carbocycles. The van der Waals surface area contributed by atoms with Crippen LogP contribution in [-0.4, -0.2) is 123 Å². The number of benzene rings is 2. The molecular formula is C26H32O14. The highest BCUT2D eigenvalue weighted by molar-refractivity contribution is 6.04. The van der Waals surface area contributed by atoms with Gasteiger partial charge in [-0.2, -0.15) is 0 Å². The van der Waals surface area contributed by atoms with Crippen molar-refractivity contribution in [1.29, 1.82) is 0 Å². The van der Waals surface area contributed by atoms with E-state index < -0.39 is 86.7 Å². The number of ether oxygens (including phenoxy) is 6. The molecule has 0 spiro atoms. The molecule has 40 heavy (non-hydrogen) atoms. The summed E-state index contributed by atoms with van der Waals surface area (Å²) in [6, 6.07) is 6.77. The van der Waals surface area contributed by atoms with Gasteiger partial charge in [-0.05, 0) is 24.4 Å². The van der Waals surface area contributed by atoms with Gasteiger partial charge < -0.3 is 64.2 Å². The highest BCUT2D eigenvalue weighted by atomic mass is 16.7. The van der Waals surface area contributed by atoms with E-state index in [2.05, 4.69) is 0 Å². The monoisotopic (exact) mass is 568 g/mol. The zero-order chi connectivity index (χ0) is 28.9. The molecule has 14 nitrogen and oxygen atoms in total. The van der Waals surface area contributed by atoms with E-state index in [0.29, 0.717) is 22.1 Å². The van der Waals surface area contributed by atoms with Gasteiger partial charge >= 0.3 is 5.97 Å². The van der Waals surface area contributed by atoms with Crippen molar-refractivity contribution < 1.29 is 69.0 Å². The third kappa shape index (κ3) is 4.90. The zero-order valence-electron chi connectivity index (χ0n) is 21.6. The van der Waals surface area contributed by atoms with E-state index in [9.17, 15) is 40.5 Å². The Kier molecular flexibility index (Phi) is 8.18. The van der Waals surface area contributed by atoms with Crippen molar-refractivity contribution in [3.63, 3.8) is 0 Å². The minimum Gasteiger partial charge on any atom is -0.496 e. The molecule has 14 heteroatoms. The summed E-state index contributed by atoms with van der Waals surface area (Å²) in [4.78, 5) is 12.5. The van der Waals surface area contributed by atoms with Gasteiger partial charge in [-0.25, -0.2) is 4.79 Å². The van der Waals surface area contributed by atoms with Crippen molar-refractivity contribution in [3.05, 3.63) is 35.4 Å². The molecular weight excluding hydrogens is 536 g/mol. The number of carbonyl (C=O) groups excluding carboxylic acids is 1. The molecule has 0 aromatic heterocycles. The molecule has 2 aromatic rings. The van der Waals surface area contributed by atoms with Crippen LogP contribution in [-0.2, 0) is 18.9 Å². The van der Waals surface area contributed by atoms with Crippen molar-refractivity contribution in [2.24, 2.45) is 0 Å². The van der Waals surface area contributed by atoms with Crippen molar-refractivity contribution >= 4 is 16.7 Å². The fourth-order valence-electron chi connectivity index (χ4n) is 5.21. The predicted octanol–water partition coefficient (Wildman–Crippen LogP) is -1.92. The summed E-state index contributed by atoms with van der Waals surface area (Å²) >= 11 is 0. The standard InChI is InChI=1S/C26H32O14/c1-9-15-11(24(34)37-9)6-10-4-3-5-12(35-2)16(10)23(15)40-26-22(33)20(31)18(29)14(39-26)8-36-25-21(32)19(30)17(28)13(7-27)38-25/h3-6,9,13-14,17-22,25-33H,7-8H2,1-2H3. The van der Waals surface area contributed by atoms with Gasteiger partial charge in [0.2, 0.25) is 6.29 Å². The number of hydrogen-bond acceptors (Lipinski definition) is 14. The van der Waals surface area contributed by atoms with Crippen LogP contribution in [0.4, 0.5) is 0 Å². The average Bonchev–Trinajstić information content (AvgIpc) is 3.23. The fraction of sp³-hybridized carbons (Fsp3) is 0.577. The van der Waals surface area contributed by atoms with Crippen LogP contribution < -0.4 is 9.47 Å². The second-order valence-corrected chi connectivity index (χ2v) is 9.94. The summed E-state index contributed by atoms with van der Waals surface area (Å²) in [7, 11) is 1.45. The van der Waals surface area contributed by atoms with E-state index in [-0.39, 0.29) is 11.3 Å². The molecule has 7 N–H and O–H groups in total. The molecule has 0 radical (unpaired) electrons. The second kappa shape index (κ2) is 11.3. The maximum Gasteiger partial charge on any atom is 0.339 e. The van der Waals surface area contributed by atoms with E-state index >= 15 is 0 Å². The Balaban J connectivity index is 1.42. The minimum atomic E-state index is -1.76. The lowest BCUT2D eigenvalue weighted by Gasteiger charge is -2.42. The molecule has 2 saturated heterocycles. The average molecular weight is 569 g/mol. The third-order valence-electron chi connectivity index (χ3n) is 7.43. The Morgan fingerprint density at radius 1 is 0.875 bits per heavy atom. The van der Waals surface area contributed by atoms with E-state index in [1.54, 1.807) is 31.2 Å². The molecule has 11 atom stereocenters. The lowest BCUT2D eigenvalue weighted by molar-refractivity contribution is -0.323. The van der Waals surface area contributed by atoms with E-state index in [1.165, 1.54) is 7.11 Å². The SMILES string of the molecule is COc1cccc2cc3c(c(OC4OC(COC5OC(CO)C(O)C(O)C5O)C(O)C(O)C4O)c12)C(C)OC3=O. The quantitative estimate of drug-likeness (QED) is 0.182.